The highest BCUT2D eigenvalue weighted by Gasteiger charge is 2.46. The molecule has 2 aromatic rings. The number of amides is 2. The third-order valence-electron chi connectivity index (χ3n) is 5.31. The number of carbonyl (C=O) groups excluding carboxylic acids is 2. The first kappa shape index (κ1) is 22.7. The second-order valence-electron chi connectivity index (χ2n) is 7.28. The first-order valence-corrected chi connectivity index (χ1v) is 10.3. The summed E-state index contributed by atoms with van der Waals surface area (Å²) in [6.45, 7) is 1.30. The van der Waals surface area contributed by atoms with Gasteiger partial charge in [-0.25, -0.2) is 9.78 Å². The Morgan fingerprint density at radius 3 is 2.35 bits per heavy atom. The lowest BCUT2D eigenvalue weighted by atomic mass is 9.82. The molecule has 31 heavy (non-hydrogen) atoms. The maximum Gasteiger partial charge on any atom is 0.490 e. The van der Waals surface area contributed by atoms with Gasteiger partial charge in [0.05, 0.1) is 11.4 Å². The number of likely N-dealkylation sites (tertiary alicyclic amines) is 1. The molecule has 2 N–H and O–H groups in total. The summed E-state index contributed by atoms with van der Waals surface area (Å²) >= 11 is 1.43. The predicted molar refractivity (Wildman–Crippen MR) is 103 cm³/mol. The van der Waals surface area contributed by atoms with Crippen molar-refractivity contribution in [2.75, 3.05) is 13.1 Å². The van der Waals surface area contributed by atoms with Crippen LogP contribution in [-0.4, -0.2) is 62.6 Å². The van der Waals surface area contributed by atoms with Gasteiger partial charge in [0.2, 0.25) is 5.91 Å². The molecule has 166 valence electrons. The van der Waals surface area contributed by atoms with E-state index < -0.39 is 12.1 Å². The highest BCUT2D eigenvalue weighted by Crippen LogP contribution is 2.39. The largest absolute Gasteiger partial charge is 0.490 e. The van der Waals surface area contributed by atoms with Crippen LogP contribution in [0.1, 0.15) is 41.2 Å². The average molecular weight is 456 g/mol. The van der Waals surface area contributed by atoms with Gasteiger partial charge in [0, 0.05) is 36.4 Å². The van der Waals surface area contributed by atoms with E-state index in [9.17, 15) is 22.8 Å². The number of hydrogen-bond donors (Lipinski definition) is 2. The van der Waals surface area contributed by atoms with Crippen molar-refractivity contribution in [2.45, 2.75) is 36.9 Å². The predicted octanol–water partition coefficient (Wildman–Crippen LogP) is 2.45. The summed E-state index contributed by atoms with van der Waals surface area (Å²) in [5.41, 5.74) is 3.01. The van der Waals surface area contributed by atoms with Crippen molar-refractivity contribution in [3.05, 3.63) is 46.7 Å². The molecule has 8 nitrogen and oxygen atoms in total. The first-order valence-electron chi connectivity index (χ1n) is 9.31. The van der Waals surface area contributed by atoms with Gasteiger partial charge in [-0.05, 0) is 37.0 Å². The zero-order chi connectivity index (χ0) is 22.6. The molecule has 0 aliphatic carbocycles. The Kier molecular flexibility index (Phi) is 6.58. The second-order valence-corrected chi connectivity index (χ2v) is 7.99. The third-order valence-corrected chi connectivity index (χ3v) is 5.90. The number of piperidine rings is 1. The molecule has 2 aromatic heterocycles. The first-order chi connectivity index (χ1) is 14.6. The van der Waals surface area contributed by atoms with Crippen LogP contribution >= 0.6 is 11.3 Å². The van der Waals surface area contributed by atoms with Gasteiger partial charge in [0.1, 0.15) is 5.69 Å². The van der Waals surface area contributed by atoms with Crippen LogP contribution < -0.4 is 5.32 Å². The van der Waals surface area contributed by atoms with E-state index in [-0.39, 0.29) is 23.3 Å². The maximum atomic E-state index is 12.4. The number of carboxylic acid groups (broad SMARTS) is 1. The summed E-state index contributed by atoms with van der Waals surface area (Å²) in [4.78, 5) is 43.7. The maximum absolute atomic E-state index is 12.4. The van der Waals surface area contributed by atoms with Crippen molar-refractivity contribution in [1.29, 1.82) is 0 Å². The number of thiazole rings is 1. The van der Waals surface area contributed by atoms with Crippen molar-refractivity contribution in [3.8, 4) is 0 Å². The quantitative estimate of drug-likeness (QED) is 0.718. The van der Waals surface area contributed by atoms with Crippen molar-refractivity contribution >= 4 is 29.1 Å². The van der Waals surface area contributed by atoms with Gasteiger partial charge >= 0.3 is 12.1 Å². The molecule has 2 aliphatic rings. The lowest BCUT2D eigenvalue weighted by molar-refractivity contribution is -0.192. The third kappa shape index (κ3) is 5.37. The number of carboxylic acids is 1. The van der Waals surface area contributed by atoms with Gasteiger partial charge in [-0.2, -0.15) is 13.2 Å². The molecular formula is C19H19F3N4O4S. The number of alkyl halides is 3. The topological polar surface area (TPSA) is 112 Å². The van der Waals surface area contributed by atoms with E-state index in [1.165, 1.54) is 11.3 Å². The van der Waals surface area contributed by atoms with E-state index in [4.69, 9.17) is 9.90 Å². The lowest BCUT2D eigenvalue weighted by Crippen LogP contribution is -2.52. The molecule has 2 fully saturated rings. The van der Waals surface area contributed by atoms with Gasteiger partial charge < -0.3 is 15.3 Å². The van der Waals surface area contributed by atoms with Crippen LogP contribution in [0.5, 0.6) is 0 Å². The molecule has 1 atom stereocenters. The van der Waals surface area contributed by atoms with E-state index in [0.717, 1.165) is 24.8 Å². The average Bonchev–Trinajstić information content (AvgIpc) is 3.37. The molecule has 0 bridgehead atoms. The van der Waals surface area contributed by atoms with Crippen LogP contribution in [0.15, 0.2) is 35.4 Å². The molecule has 1 unspecified atom stereocenters. The second kappa shape index (κ2) is 9.00. The van der Waals surface area contributed by atoms with E-state index in [1.54, 1.807) is 23.3 Å². The molecule has 1 spiro atoms. The van der Waals surface area contributed by atoms with Crippen molar-refractivity contribution in [3.63, 3.8) is 0 Å². The SMILES string of the molecule is O=C(O)C(F)(F)F.O=C1NC2(CCN(C(=O)c3cscn3)CC2)CC1c1ccncc1. The molecule has 4 heterocycles. The molecule has 0 aromatic carbocycles. The molecule has 4 rings (SSSR count). The summed E-state index contributed by atoms with van der Waals surface area (Å²) < 4.78 is 31.7. The van der Waals surface area contributed by atoms with E-state index in [1.807, 2.05) is 17.0 Å². The highest BCUT2D eigenvalue weighted by atomic mass is 32.1. The van der Waals surface area contributed by atoms with Crippen LogP contribution in [0, 0.1) is 0 Å². The van der Waals surface area contributed by atoms with Crippen molar-refractivity contribution < 1.29 is 32.7 Å². The molecule has 2 amide bonds. The molecule has 2 aliphatic heterocycles. The molecule has 0 saturated carbocycles. The Morgan fingerprint density at radius 1 is 1.23 bits per heavy atom. The van der Waals surface area contributed by atoms with E-state index in [2.05, 4.69) is 15.3 Å². The summed E-state index contributed by atoms with van der Waals surface area (Å²) in [5.74, 6) is -2.80. The molecule has 12 heteroatoms. The van der Waals surface area contributed by atoms with Crippen LogP contribution in [0.4, 0.5) is 13.2 Å². The summed E-state index contributed by atoms with van der Waals surface area (Å²) in [7, 11) is 0. The van der Waals surface area contributed by atoms with Gasteiger partial charge in [0.15, 0.2) is 0 Å². The number of hydrogen-bond acceptors (Lipinski definition) is 6. The summed E-state index contributed by atoms with van der Waals surface area (Å²) in [6.07, 6.45) is 0.729. The Bertz CT molecular complexity index is 929. The molecule has 2 saturated heterocycles. The number of nitrogens with one attached hydrogen (secondary N) is 1. The lowest BCUT2D eigenvalue weighted by Gasteiger charge is -2.39. The van der Waals surface area contributed by atoms with E-state index >= 15 is 0 Å². The minimum absolute atomic E-state index is 0.0129. The fourth-order valence-corrected chi connectivity index (χ4v) is 4.22. The molecule has 0 radical (unpaired) electrons. The number of pyridine rings is 1. The Hall–Kier alpha value is -3.02. The monoisotopic (exact) mass is 456 g/mol. The Balaban J connectivity index is 0.000000339. The zero-order valence-electron chi connectivity index (χ0n) is 16.1. The summed E-state index contributed by atoms with van der Waals surface area (Å²) in [5, 5.41) is 12.1. The van der Waals surface area contributed by atoms with Gasteiger partial charge in [-0.15, -0.1) is 11.3 Å². The minimum atomic E-state index is -5.08. The molecular weight excluding hydrogens is 437 g/mol. The van der Waals surface area contributed by atoms with E-state index in [0.29, 0.717) is 18.8 Å². The highest BCUT2D eigenvalue weighted by molar-refractivity contribution is 7.07. The number of aliphatic carboxylic acids is 1. The zero-order valence-corrected chi connectivity index (χ0v) is 16.9. The minimum Gasteiger partial charge on any atom is -0.475 e. The smallest absolute Gasteiger partial charge is 0.475 e. The Labute approximate surface area is 179 Å². The van der Waals surface area contributed by atoms with Crippen molar-refractivity contribution in [1.82, 2.24) is 20.2 Å². The fraction of sp³-hybridized carbons (Fsp3) is 0.421. The normalized spacial score (nSPS) is 20.0. The van der Waals surface area contributed by atoms with Crippen LogP contribution in [0.2, 0.25) is 0 Å². The number of rotatable bonds is 2. The van der Waals surface area contributed by atoms with Crippen LogP contribution in [-0.2, 0) is 9.59 Å². The number of halogens is 3. The summed E-state index contributed by atoms with van der Waals surface area (Å²) in [6, 6.07) is 3.81. The number of nitrogens with zero attached hydrogens (tertiary/aromatic N) is 3. The van der Waals surface area contributed by atoms with Gasteiger partial charge in [0.25, 0.3) is 5.91 Å². The number of carbonyl (C=O) groups is 3. The van der Waals surface area contributed by atoms with Crippen LogP contribution in [0.3, 0.4) is 0 Å². The number of aromatic nitrogens is 2. The van der Waals surface area contributed by atoms with Gasteiger partial charge in [-0.3, -0.25) is 14.6 Å². The van der Waals surface area contributed by atoms with Gasteiger partial charge in [-0.1, -0.05) is 0 Å². The standard InChI is InChI=1S/C17H18N4O2S.C2HF3O2/c22-15-13(12-1-5-18-6-2-12)9-17(20-15)3-7-21(8-4-17)16(23)14-10-24-11-19-14;3-2(4,5)1(6)7/h1-2,5-6,10-11,13H,3-4,7-9H2,(H,20,22);(H,6,7). The Morgan fingerprint density at radius 2 is 1.84 bits per heavy atom. The fourth-order valence-electron chi connectivity index (χ4n) is 3.70. The van der Waals surface area contributed by atoms with Crippen molar-refractivity contribution in [2.24, 2.45) is 0 Å². The van der Waals surface area contributed by atoms with Crippen LogP contribution in [0.25, 0.3) is 0 Å².